The van der Waals surface area contributed by atoms with Gasteiger partial charge in [0.25, 0.3) is 0 Å². The summed E-state index contributed by atoms with van der Waals surface area (Å²) in [5.74, 6) is -0.703. The van der Waals surface area contributed by atoms with Gasteiger partial charge in [0.2, 0.25) is 0 Å². The number of rotatable bonds is 23. The molecule has 0 aliphatic rings. The lowest BCUT2D eigenvalue weighted by atomic mass is 9.94. The standard InChI is InChI=1S/C53H50Cl2N8O9/c1-31(2)72-53(68)47(27-65)61-23-38-12-44(54)40(14-49(38)69-28-35-10-33(16-56)18-58-20-35)25-63-48-9-5-8-42(43(48)24-62-63)41-7-4-6-37(32(41)3)30-71-51-15-50(70-29-36-11-34(17-57)19-59-21-36)39(13-45(51)55)22-60-46(26-64)52(66)67/h4-15,18-21,24,31,46-47,60-61,64-65H,22-23,25-30H2,1-3H3,(H,66,67). The van der Waals surface area contributed by atoms with Gasteiger partial charge in [-0.15, -0.1) is 0 Å². The number of fused-ring (bicyclic) bond motifs is 1. The van der Waals surface area contributed by atoms with Crippen LogP contribution in [0.15, 0.2) is 104 Å². The third-order valence-corrected chi connectivity index (χ3v) is 12.1. The van der Waals surface area contributed by atoms with E-state index in [0.29, 0.717) is 61.2 Å². The number of hydrogen-bond acceptors (Lipinski definition) is 15. The van der Waals surface area contributed by atoms with Crippen LogP contribution in [0, 0.1) is 29.6 Å². The maximum absolute atomic E-state index is 12.7. The number of esters is 1. The Morgan fingerprint density at radius 2 is 1.28 bits per heavy atom. The molecule has 19 heteroatoms. The molecule has 7 aromatic rings. The molecule has 0 fully saturated rings. The van der Waals surface area contributed by atoms with Crippen LogP contribution in [0.1, 0.15) is 63.9 Å². The van der Waals surface area contributed by atoms with Crippen molar-refractivity contribution >= 4 is 46.0 Å². The van der Waals surface area contributed by atoms with E-state index in [0.717, 1.165) is 33.2 Å². The molecular formula is C53H50Cl2N8O9. The van der Waals surface area contributed by atoms with E-state index in [9.17, 15) is 35.4 Å². The van der Waals surface area contributed by atoms with Gasteiger partial charge in [0.15, 0.2) is 0 Å². The molecule has 0 amide bonds. The monoisotopic (exact) mass is 1010 g/mol. The van der Waals surface area contributed by atoms with Crippen molar-refractivity contribution in [3.63, 3.8) is 0 Å². The quantitative estimate of drug-likeness (QED) is 0.0388. The number of carbonyl (C=O) groups is 2. The minimum absolute atomic E-state index is 0.00337. The van der Waals surface area contributed by atoms with E-state index in [4.69, 9.17) is 47.2 Å². The zero-order chi connectivity index (χ0) is 51.3. The second-order valence-electron chi connectivity index (χ2n) is 16.9. The molecule has 0 saturated carbocycles. The number of ether oxygens (including phenoxy) is 4. The van der Waals surface area contributed by atoms with E-state index in [-0.39, 0.29) is 50.6 Å². The summed E-state index contributed by atoms with van der Waals surface area (Å²) in [5, 5.41) is 60.1. The van der Waals surface area contributed by atoms with Crippen LogP contribution < -0.4 is 24.8 Å². The van der Waals surface area contributed by atoms with Crippen molar-refractivity contribution in [1.29, 1.82) is 10.5 Å². The molecule has 0 spiro atoms. The second kappa shape index (κ2) is 24.5. The Labute approximate surface area is 425 Å². The van der Waals surface area contributed by atoms with Crippen LogP contribution in [0.5, 0.6) is 17.2 Å². The summed E-state index contributed by atoms with van der Waals surface area (Å²) in [6.07, 6.45) is 7.53. The minimum Gasteiger partial charge on any atom is -0.489 e. The molecular weight excluding hydrogens is 964 g/mol. The molecule has 0 bridgehead atoms. The van der Waals surface area contributed by atoms with Gasteiger partial charge in [0.1, 0.15) is 61.3 Å². The number of benzene rings is 4. The number of aliphatic carboxylic acids is 1. The van der Waals surface area contributed by atoms with E-state index >= 15 is 0 Å². The number of aromatic nitrogens is 4. The van der Waals surface area contributed by atoms with Gasteiger partial charge >= 0.3 is 11.9 Å². The van der Waals surface area contributed by atoms with Crippen molar-refractivity contribution in [2.24, 2.45) is 0 Å². The van der Waals surface area contributed by atoms with Gasteiger partial charge in [-0.2, -0.15) is 15.6 Å². The maximum atomic E-state index is 12.7. The summed E-state index contributed by atoms with van der Waals surface area (Å²) in [5.41, 5.74) is 8.41. The molecule has 7 rings (SSSR count). The average Bonchev–Trinajstić information content (AvgIpc) is 3.79. The van der Waals surface area contributed by atoms with E-state index in [2.05, 4.69) is 32.7 Å². The van der Waals surface area contributed by atoms with Crippen molar-refractivity contribution in [3.8, 4) is 40.5 Å². The Morgan fingerprint density at radius 1 is 0.694 bits per heavy atom. The van der Waals surface area contributed by atoms with Crippen LogP contribution in [0.2, 0.25) is 10.0 Å². The number of aliphatic hydroxyl groups is 2. The summed E-state index contributed by atoms with van der Waals surface area (Å²) in [6, 6.07) is 24.0. The third-order valence-electron chi connectivity index (χ3n) is 11.5. The highest BCUT2D eigenvalue weighted by molar-refractivity contribution is 6.32. The highest BCUT2D eigenvalue weighted by Gasteiger charge is 2.23. The number of nitriles is 2. The molecule has 72 heavy (non-hydrogen) atoms. The fourth-order valence-electron chi connectivity index (χ4n) is 7.71. The van der Waals surface area contributed by atoms with Gasteiger partial charge in [0, 0.05) is 76.6 Å². The topological polar surface area (TPSA) is 247 Å². The van der Waals surface area contributed by atoms with Crippen molar-refractivity contribution in [1.82, 2.24) is 30.4 Å². The normalized spacial score (nSPS) is 12.0. The fourth-order valence-corrected chi connectivity index (χ4v) is 8.20. The first kappa shape index (κ1) is 52.2. The molecule has 0 radical (unpaired) electrons. The molecule has 0 aliphatic heterocycles. The number of aliphatic hydroxyl groups excluding tert-OH is 2. The number of nitrogens with zero attached hydrogens (tertiary/aromatic N) is 6. The van der Waals surface area contributed by atoms with E-state index in [1.165, 1.54) is 12.4 Å². The Bertz CT molecular complexity index is 3170. The van der Waals surface area contributed by atoms with Crippen LogP contribution in [-0.2, 0) is 53.8 Å². The Kier molecular flexibility index (Phi) is 17.8. The zero-order valence-corrected chi connectivity index (χ0v) is 40.9. The van der Waals surface area contributed by atoms with Crippen LogP contribution in [0.4, 0.5) is 0 Å². The van der Waals surface area contributed by atoms with E-state index in [1.807, 2.05) is 54.1 Å². The number of pyridine rings is 2. The number of nitrogens with one attached hydrogen (secondary N) is 2. The predicted octanol–water partition coefficient (Wildman–Crippen LogP) is 7.57. The summed E-state index contributed by atoms with van der Waals surface area (Å²) in [7, 11) is 0. The van der Waals surface area contributed by atoms with Gasteiger partial charge in [-0.1, -0.05) is 53.5 Å². The number of hydrogen-bond donors (Lipinski definition) is 5. The Balaban J connectivity index is 1.13. The van der Waals surface area contributed by atoms with Crippen molar-refractivity contribution < 1.29 is 43.9 Å². The number of halogens is 2. The summed E-state index contributed by atoms with van der Waals surface area (Å²) < 4.78 is 26.0. The lowest BCUT2D eigenvalue weighted by Crippen LogP contribution is -2.41. The maximum Gasteiger partial charge on any atom is 0.325 e. The number of carboxylic acid groups (broad SMARTS) is 1. The average molecular weight is 1010 g/mol. The first-order valence-electron chi connectivity index (χ1n) is 22.6. The SMILES string of the molecule is Cc1c(COc2cc(OCc3cncc(C#N)c3)c(CNC(CO)C(=O)O)cc2Cl)cccc1-c1cccc2c1cnn2Cc1cc(OCc2cncc(C#N)c2)c(CNC(CO)C(=O)OC(C)C)cc1Cl. The molecule has 0 aliphatic carbocycles. The predicted molar refractivity (Wildman–Crippen MR) is 267 cm³/mol. The number of carbonyl (C=O) groups excluding carboxylic acids is 1. The third kappa shape index (κ3) is 13.0. The first-order chi connectivity index (χ1) is 34.8. The highest BCUT2D eigenvalue weighted by Crippen LogP contribution is 2.37. The molecule has 0 saturated heterocycles. The molecule has 5 N–H and O–H groups in total. The Morgan fingerprint density at radius 3 is 1.89 bits per heavy atom. The van der Waals surface area contributed by atoms with Crippen LogP contribution >= 0.6 is 23.2 Å². The van der Waals surface area contributed by atoms with Gasteiger partial charge in [-0.05, 0) is 85.0 Å². The lowest BCUT2D eigenvalue weighted by molar-refractivity contribution is -0.151. The van der Waals surface area contributed by atoms with Crippen LogP contribution in [-0.4, -0.2) is 78.4 Å². The van der Waals surface area contributed by atoms with Gasteiger partial charge in [0.05, 0.1) is 53.7 Å². The lowest BCUT2D eigenvalue weighted by Gasteiger charge is -2.19. The van der Waals surface area contributed by atoms with Crippen molar-refractivity contribution in [3.05, 3.63) is 164 Å². The van der Waals surface area contributed by atoms with Gasteiger partial charge in [-0.25, -0.2) is 0 Å². The van der Waals surface area contributed by atoms with Gasteiger partial charge in [-0.3, -0.25) is 34.9 Å². The van der Waals surface area contributed by atoms with E-state index in [1.54, 1.807) is 62.8 Å². The second-order valence-corrected chi connectivity index (χ2v) is 17.7. The molecule has 3 aromatic heterocycles. The smallest absolute Gasteiger partial charge is 0.325 e. The Hall–Kier alpha value is -7.61. The number of carboxylic acids is 1. The van der Waals surface area contributed by atoms with Crippen molar-refractivity contribution in [2.75, 3.05) is 13.2 Å². The minimum atomic E-state index is -1.22. The summed E-state index contributed by atoms with van der Waals surface area (Å²) in [4.78, 5) is 32.5. The first-order valence-corrected chi connectivity index (χ1v) is 23.4. The zero-order valence-electron chi connectivity index (χ0n) is 39.4. The molecule has 2 atom stereocenters. The van der Waals surface area contributed by atoms with Crippen molar-refractivity contribution in [2.45, 2.75) is 78.4 Å². The molecule has 2 unspecified atom stereocenters. The van der Waals surface area contributed by atoms with E-state index < -0.39 is 37.2 Å². The molecule has 3 heterocycles. The molecule has 4 aromatic carbocycles. The largest absolute Gasteiger partial charge is 0.489 e. The molecule has 17 nitrogen and oxygen atoms in total. The summed E-state index contributed by atoms with van der Waals surface area (Å²) >= 11 is 13.8. The van der Waals surface area contributed by atoms with Crippen LogP contribution in [0.25, 0.3) is 22.0 Å². The summed E-state index contributed by atoms with van der Waals surface area (Å²) in [6.45, 7) is 4.97. The highest BCUT2D eigenvalue weighted by atomic mass is 35.5. The molecule has 370 valence electrons. The fraction of sp³-hybridized carbons (Fsp3) is 0.264. The van der Waals surface area contributed by atoms with Crippen LogP contribution in [0.3, 0.4) is 0 Å². The van der Waals surface area contributed by atoms with Gasteiger partial charge < -0.3 is 34.3 Å².